The average molecular weight is 494 g/mol. The summed E-state index contributed by atoms with van der Waals surface area (Å²) in [6.07, 6.45) is 0.808. The van der Waals surface area contributed by atoms with Gasteiger partial charge in [0.25, 0.3) is 11.8 Å². The maximum atomic E-state index is 13.5. The van der Waals surface area contributed by atoms with E-state index in [4.69, 9.17) is 16.3 Å². The predicted octanol–water partition coefficient (Wildman–Crippen LogP) is 6.11. The number of hydrogen-bond acceptors (Lipinski definition) is 4. The number of hydrogen-bond donors (Lipinski definition) is 1. The number of anilines is 2. The van der Waals surface area contributed by atoms with Crippen LogP contribution in [0.1, 0.15) is 46.5 Å². The maximum Gasteiger partial charge on any atom is 0.257 e. The van der Waals surface area contributed by atoms with Gasteiger partial charge in [-0.1, -0.05) is 30.7 Å². The molecule has 6 nitrogen and oxygen atoms in total. The van der Waals surface area contributed by atoms with Gasteiger partial charge < -0.3 is 19.9 Å². The second kappa shape index (κ2) is 11.8. The van der Waals surface area contributed by atoms with E-state index in [0.717, 1.165) is 17.7 Å². The molecule has 0 fully saturated rings. The topological polar surface area (TPSA) is 61.9 Å². The largest absolute Gasteiger partial charge is 0.497 e. The number of nitrogens with one attached hydrogen (secondary N) is 1. The van der Waals surface area contributed by atoms with E-state index >= 15 is 0 Å². The second-order valence-corrected chi connectivity index (χ2v) is 9.00. The smallest absolute Gasteiger partial charge is 0.257 e. The van der Waals surface area contributed by atoms with Crippen molar-refractivity contribution in [2.75, 3.05) is 31.4 Å². The molecule has 3 aromatic rings. The number of rotatable bonds is 9. The highest BCUT2D eigenvalue weighted by Gasteiger charge is 2.23. The lowest BCUT2D eigenvalue weighted by Gasteiger charge is -2.31. The van der Waals surface area contributed by atoms with E-state index in [-0.39, 0.29) is 17.9 Å². The third-order valence-corrected chi connectivity index (χ3v) is 6.33. The first kappa shape index (κ1) is 26.1. The molecule has 3 rings (SSSR count). The molecule has 3 aromatic carbocycles. The molecule has 0 spiro atoms. The first-order valence-electron chi connectivity index (χ1n) is 11.6. The van der Waals surface area contributed by atoms with Gasteiger partial charge in [0.1, 0.15) is 5.75 Å². The Morgan fingerprint density at radius 2 is 1.71 bits per heavy atom. The van der Waals surface area contributed by atoms with Crippen molar-refractivity contribution in [2.45, 2.75) is 32.9 Å². The predicted molar refractivity (Wildman–Crippen MR) is 143 cm³/mol. The molecule has 184 valence electrons. The monoisotopic (exact) mass is 493 g/mol. The lowest BCUT2D eigenvalue weighted by molar-refractivity contribution is 0.0671. The number of nitrogens with zero attached hydrogens (tertiary/aromatic N) is 2. The van der Waals surface area contributed by atoms with Gasteiger partial charge in [0.2, 0.25) is 0 Å². The van der Waals surface area contributed by atoms with Crippen LogP contribution in [0.25, 0.3) is 0 Å². The molecule has 0 aliphatic carbocycles. The van der Waals surface area contributed by atoms with Crippen LogP contribution in [-0.4, -0.2) is 44.0 Å². The molecule has 0 saturated carbocycles. The number of methoxy groups -OCH3 is 1. The summed E-state index contributed by atoms with van der Waals surface area (Å²) in [6.45, 7) is 4.50. The van der Waals surface area contributed by atoms with Crippen LogP contribution < -0.4 is 15.0 Å². The summed E-state index contributed by atoms with van der Waals surface area (Å²) in [4.78, 5) is 30.2. The average Bonchev–Trinajstić information content (AvgIpc) is 2.86. The van der Waals surface area contributed by atoms with Crippen molar-refractivity contribution in [1.82, 2.24) is 4.90 Å². The van der Waals surface area contributed by atoms with E-state index in [1.54, 1.807) is 55.6 Å². The summed E-state index contributed by atoms with van der Waals surface area (Å²) in [7, 11) is 5.52. The molecular formula is C28H32ClN3O3. The number of carbonyl (C=O) groups excluding carboxylic acids is 2. The summed E-state index contributed by atoms with van der Waals surface area (Å²) in [5.74, 6) is 0.359. The Morgan fingerprint density at radius 3 is 2.31 bits per heavy atom. The van der Waals surface area contributed by atoms with E-state index in [2.05, 4.69) is 12.2 Å². The highest BCUT2D eigenvalue weighted by Crippen LogP contribution is 2.27. The van der Waals surface area contributed by atoms with Crippen LogP contribution in [0.15, 0.2) is 66.7 Å². The van der Waals surface area contributed by atoms with E-state index in [1.165, 1.54) is 0 Å². The van der Waals surface area contributed by atoms with Crippen LogP contribution in [0.3, 0.4) is 0 Å². The van der Waals surface area contributed by atoms with Gasteiger partial charge >= 0.3 is 0 Å². The first-order valence-corrected chi connectivity index (χ1v) is 11.9. The molecule has 2 amide bonds. The Labute approximate surface area is 212 Å². The number of carbonyl (C=O) groups is 2. The molecule has 0 saturated heterocycles. The molecule has 0 aromatic heterocycles. The minimum Gasteiger partial charge on any atom is -0.497 e. The number of halogens is 1. The zero-order valence-corrected chi connectivity index (χ0v) is 21.6. The van der Waals surface area contributed by atoms with Crippen LogP contribution in [-0.2, 0) is 6.54 Å². The molecule has 0 bridgehead atoms. The van der Waals surface area contributed by atoms with Crippen molar-refractivity contribution in [1.29, 1.82) is 0 Å². The van der Waals surface area contributed by atoms with Crippen LogP contribution in [0, 0.1) is 0 Å². The number of ether oxygens (including phenoxy) is 1. The minimum atomic E-state index is -0.285. The van der Waals surface area contributed by atoms with Crippen molar-refractivity contribution < 1.29 is 14.3 Å². The quantitative estimate of drug-likeness (QED) is 0.390. The highest BCUT2D eigenvalue weighted by molar-refractivity contribution is 6.34. The summed E-state index contributed by atoms with van der Waals surface area (Å²) < 4.78 is 5.23. The molecule has 0 radical (unpaired) electrons. The van der Waals surface area contributed by atoms with Crippen molar-refractivity contribution in [3.8, 4) is 5.75 Å². The Balaban J connectivity index is 1.92. The Kier molecular flexibility index (Phi) is 8.77. The third kappa shape index (κ3) is 6.34. The Bertz CT molecular complexity index is 1180. The van der Waals surface area contributed by atoms with Gasteiger partial charge in [-0.15, -0.1) is 0 Å². The molecule has 1 N–H and O–H groups in total. The van der Waals surface area contributed by atoms with Gasteiger partial charge in [0.05, 0.1) is 17.7 Å². The fourth-order valence-electron chi connectivity index (χ4n) is 3.80. The molecule has 0 unspecified atom stereocenters. The Morgan fingerprint density at radius 1 is 1.03 bits per heavy atom. The molecule has 35 heavy (non-hydrogen) atoms. The number of amides is 2. The highest BCUT2D eigenvalue weighted by atomic mass is 35.5. The molecule has 0 aliphatic rings. The number of benzene rings is 3. The van der Waals surface area contributed by atoms with Crippen LogP contribution >= 0.6 is 11.6 Å². The van der Waals surface area contributed by atoms with E-state index in [0.29, 0.717) is 34.1 Å². The summed E-state index contributed by atoms with van der Waals surface area (Å²) in [5, 5.41) is 3.33. The molecular weight excluding hydrogens is 462 g/mol. The van der Waals surface area contributed by atoms with Crippen LogP contribution in [0.2, 0.25) is 5.02 Å². The normalized spacial score (nSPS) is 11.5. The van der Waals surface area contributed by atoms with Gasteiger partial charge in [-0.05, 0) is 73.5 Å². The lowest BCUT2D eigenvalue weighted by Crippen LogP contribution is -2.38. The fraction of sp³-hybridized carbons (Fsp3) is 0.286. The van der Waals surface area contributed by atoms with Crippen LogP contribution in [0.4, 0.5) is 11.4 Å². The van der Waals surface area contributed by atoms with Gasteiger partial charge in [0.15, 0.2) is 0 Å². The maximum absolute atomic E-state index is 13.5. The second-order valence-electron chi connectivity index (χ2n) is 8.59. The molecule has 0 heterocycles. The molecule has 7 heteroatoms. The van der Waals surface area contributed by atoms with Gasteiger partial charge in [-0.3, -0.25) is 9.59 Å². The fourth-order valence-corrected chi connectivity index (χ4v) is 4.02. The summed E-state index contributed by atoms with van der Waals surface area (Å²) >= 11 is 6.20. The van der Waals surface area contributed by atoms with E-state index in [9.17, 15) is 9.59 Å². The van der Waals surface area contributed by atoms with Crippen molar-refractivity contribution in [3.05, 3.63) is 88.4 Å². The third-order valence-electron chi connectivity index (χ3n) is 6.00. The van der Waals surface area contributed by atoms with Gasteiger partial charge in [-0.2, -0.15) is 0 Å². The first-order chi connectivity index (χ1) is 16.7. The summed E-state index contributed by atoms with van der Waals surface area (Å²) in [5.41, 5.74) is 3.53. The van der Waals surface area contributed by atoms with E-state index in [1.807, 2.05) is 49.0 Å². The lowest BCUT2D eigenvalue weighted by atomic mass is 10.1. The van der Waals surface area contributed by atoms with Crippen molar-refractivity contribution in [2.24, 2.45) is 0 Å². The Hall–Kier alpha value is -3.51. The standard InChI is InChI=1S/C28H32ClN3O3/c1-6-19(2)32(28(34)20-11-14-23(35-5)15-12-20)18-21-17-22(13-16-26(21)31(3)4)30-27(33)24-9-7-8-10-25(24)29/h7-17,19H,6,18H2,1-5H3,(H,30,33)/t19-/m0/s1. The van der Waals surface area contributed by atoms with E-state index < -0.39 is 0 Å². The molecule has 1 atom stereocenters. The van der Waals surface area contributed by atoms with Crippen molar-refractivity contribution in [3.63, 3.8) is 0 Å². The zero-order chi connectivity index (χ0) is 25.5. The van der Waals surface area contributed by atoms with Crippen molar-refractivity contribution >= 4 is 34.8 Å². The van der Waals surface area contributed by atoms with Gasteiger partial charge in [-0.25, -0.2) is 0 Å². The SMILES string of the molecule is CC[C@H](C)N(Cc1cc(NC(=O)c2ccccc2Cl)ccc1N(C)C)C(=O)c1ccc(OC)cc1. The summed E-state index contributed by atoms with van der Waals surface area (Å²) in [6, 6.07) is 19.8. The van der Waals surface area contributed by atoms with Crippen LogP contribution in [0.5, 0.6) is 5.75 Å². The zero-order valence-electron chi connectivity index (χ0n) is 20.8. The molecule has 0 aliphatic heterocycles. The van der Waals surface area contributed by atoms with Gasteiger partial charge in [0, 0.05) is 43.6 Å². The minimum absolute atomic E-state index is 0.0148.